The van der Waals surface area contributed by atoms with Crippen LogP contribution in [0.25, 0.3) is 10.2 Å². The maximum atomic E-state index is 13.0. The van der Waals surface area contributed by atoms with Crippen molar-refractivity contribution in [3.8, 4) is 0 Å². The molecule has 2 aliphatic carbocycles. The average Bonchev–Trinajstić information content (AvgIpc) is 3.34. The highest BCUT2D eigenvalue weighted by molar-refractivity contribution is 7.99. The molecule has 2 unspecified atom stereocenters. The molecule has 10 heteroatoms. The van der Waals surface area contributed by atoms with Crippen LogP contribution >= 0.6 is 23.1 Å². The second-order valence-electron chi connectivity index (χ2n) is 8.80. The smallest absolute Gasteiger partial charge is 0.233 e. The van der Waals surface area contributed by atoms with E-state index in [9.17, 15) is 13.2 Å². The normalized spacial score (nSPS) is 25.4. The third kappa shape index (κ3) is 3.93. The van der Waals surface area contributed by atoms with E-state index in [1.165, 1.54) is 22.2 Å². The Kier molecular flexibility index (Phi) is 5.22. The van der Waals surface area contributed by atoms with Gasteiger partial charge in [-0.3, -0.25) is 4.79 Å². The monoisotopic (exact) mass is 466 g/mol. The molecule has 5 rings (SSSR count). The van der Waals surface area contributed by atoms with Gasteiger partial charge in [-0.1, -0.05) is 18.7 Å². The minimum atomic E-state index is -3.02. The van der Waals surface area contributed by atoms with E-state index in [0.29, 0.717) is 23.3 Å². The Labute approximate surface area is 184 Å². The fourth-order valence-corrected chi connectivity index (χ4v) is 8.55. The molecule has 0 bridgehead atoms. The fraction of sp³-hybridized carbons (Fsp3) is 0.650. The highest BCUT2D eigenvalue weighted by Crippen LogP contribution is 2.40. The van der Waals surface area contributed by atoms with Crippen LogP contribution in [0, 0.1) is 5.92 Å². The number of thiophene rings is 1. The minimum absolute atomic E-state index is 0.0221. The van der Waals surface area contributed by atoms with Crippen molar-refractivity contribution in [2.24, 2.45) is 5.92 Å². The van der Waals surface area contributed by atoms with Crippen molar-refractivity contribution in [2.75, 3.05) is 23.0 Å². The molecule has 0 radical (unpaired) electrons. The number of carbonyl (C=O) groups excluding carboxylic acids is 1. The topological polar surface area (TPSA) is 106 Å². The number of hydrogen-bond donors (Lipinski definition) is 1. The first-order valence-electron chi connectivity index (χ1n) is 10.5. The molecule has 2 fully saturated rings. The molecule has 3 heterocycles. The van der Waals surface area contributed by atoms with Crippen molar-refractivity contribution < 1.29 is 13.2 Å². The molecule has 1 saturated carbocycles. The second-order valence-corrected chi connectivity index (χ2v) is 13.1. The van der Waals surface area contributed by atoms with Crippen LogP contribution in [0.1, 0.15) is 43.0 Å². The van der Waals surface area contributed by atoms with Crippen molar-refractivity contribution in [1.82, 2.24) is 14.9 Å². The van der Waals surface area contributed by atoms with Crippen molar-refractivity contribution >= 4 is 54.9 Å². The summed E-state index contributed by atoms with van der Waals surface area (Å²) in [7, 11) is -3.02. The van der Waals surface area contributed by atoms with Crippen molar-refractivity contribution in [1.29, 1.82) is 0 Å². The summed E-state index contributed by atoms with van der Waals surface area (Å²) < 4.78 is 23.8. The minimum Gasteiger partial charge on any atom is -0.383 e. The highest BCUT2D eigenvalue weighted by Gasteiger charge is 2.42. The van der Waals surface area contributed by atoms with E-state index in [0.717, 1.165) is 42.3 Å². The summed E-state index contributed by atoms with van der Waals surface area (Å²) >= 11 is 3.00. The lowest BCUT2D eigenvalue weighted by molar-refractivity contribution is -0.130. The number of carbonyl (C=O) groups is 1. The number of amides is 1. The first-order chi connectivity index (χ1) is 14.3. The van der Waals surface area contributed by atoms with Gasteiger partial charge < -0.3 is 10.6 Å². The molecule has 1 aliphatic heterocycles. The van der Waals surface area contributed by atoms with Gasteiger partial charge in [0.05, 0.1) is 22.6 Å². The lowest BCUT2D eigenvalue weighted by Gasteiger charge is -2.28. The molecule has 1 saturated heterocycles. The Morgan fingerprint density at radius 1 is 1.23 bits per heavy atom. The molecular formula is C20H26N4O3S3. The predicted molar refractivity (Wildman–Crippen MR) is 121 cm³/mol. The molecule has 2 aromatic heterocycles. The molecule has 0 aromatic carbocycles. The van der Waals surface area contributed by atoms with Gasteiger partial charge in [0.2, 0.25) is 5.91 Å². The maximum Gasteiger partial charge on any atom is 0.233 e. The number of sulfone groups is 1. The van der Waals surface area contributed by atoms with Gasteiger partial charge in [0.25, 0.3) is 0 Å². The van der Waals surface area contributed by atoms with Crippen molar-refractivity contribution in [3.05, 3.63) is 10.4 Å². The summed E-state index contributed by atoms with van der Waals surface area (Å²) in [5.74, 6) is 1.64. The molecule has 1 amide bonds. The Balaban J connectivity index is 1.32. The van der Waals surface area contributed by atoms with E-state index >= 15 is 0 Å². The number of hydrogen-bond acceptors (Lipinski definition) is 8. The SMILES string of the molecule is CC1CCc2c(sc3nc(SCC(=O)N(C4CC4)C4CCS(=O)(=O)C4)nc(N)c23)C1. The number of aryl methyl sites for hydroxylation is 1. The number of rotatable bonds is 5. The predicted octanol–water partition coefficient (Wildman–Crippen LogP) is 2.67. The second kappa shape index (κ2) is 7.63. The lowest BCUT2D eigenvalue weighted by Crippen LogP contribution is -2.43. The molecule has 2 atom stereocenters. The van der Waals surface area contributed by atoms with Gasteiger partial charge in [0.1, 0.15) is 10.6 Å². The summed E-state index contributed by atoms with van der Waals surface area (Å²) in [6.07, 6.45) is 5.72. The zero-order chi connectivity index (χ0) is 21.0. The van der Waals surface area contributed by atoms with Crippen molar-refractivity contribution in [2.45, 2.75) is 62.7 Å². The zero-order valence-corrected chi connectivity index (χ0v) is 19.4. The third-order valence-electron chi connectivity index (χ3n) is 6.32. The first-order valence-corrected chi connectivity index (χ1v) is 14.1. The van der Waals surface area contributed by atoms with E-state index in [2.05, 4.69) is 11.9 Å². The van der Waals surface area contributed by atoms with Crippen LogP contribution in [0.2, 0.25) is 0 Å². The Hall–Kier alpha value is -1.39. The number of nitrogens with zero attached hydrogens (tertiary/aromatic N) is 3. The molecule has 30 heavy (non-hydrogen) atoms. The fourth-order valence-electron chi connectivity index (χ4n) is 4.67. The van der Waals surface area contributed by atoms with Crippen LogP contribution in [-0.4, -0.2) is 58.5 Å². The van der Waals surface area contributed by atoms with Crippen molar-refractivity contribution in [3.63, 3.8) is 0 Å². The molecule has 2 aromatic rings. The summed E-state index contributed by atoms with van der Waals surface area (Å²) in [5, 5.41) is 1.52. The third-order valence-corrected chi connectivity index (χ3v) is 10.0. The molecular weight excluding hydrogens is 440 g/mol. The highest BCUT2D eigenvalue weighted by atomic mass is 32.2. The largest absolute Gasteiger partial charge is 0.383 e. The molecule has 7 nitrogen and oxygen atoms in total. The van der Waals surface area contributed by atoms with Crippen LogP contribution in [0.3, 0.4) is 0 Å². The van der Waals surface area contributed by atoms with Crippen LogP contribution in [0.4, 0.5) is 5.82 Å². The van der Waals surface area contributed by atoms with Gasteiger partial charge in [-0.15, -0.1) is 11.3 Å². The van der Waals surface area contributed by atoms with Gasteiger partial charge in [0.15, 0.2) is 15.0 Å². The Morgan fingerprint density at radius 3 is 2.73 bits per heavy atom. The van der Waals surface area contributed by atoms with E-state index in [1.54, 1.807) is 11.3 Å². The molecule has 3 aliphatic rings. The zero-order valence-electron chi connectivity index (χ0n) is 17.0. The number of aromatic nitrogens is 2. The summed E-state index contributed by atoms with van der Waals surface area (Å²) in [6.45, 7) is 2.27. The van der Waals surface area contributed by atoms with E-state index < -0.39 is 9.84 Å². The Bertz CT molecular complexity index is 1110. The summed E-state index contributed by atoms with van der Waals surface area (Å²) in [6, 6.07) is 0.00552. The molecule has 162 valence electrons. The van der Waals surface area contributed by atoms with E-state index in [4.69, 9.17) is 10.7 Å². The molecule has 2 N–H and O–H groups in total. The summed E-state index contributed by atoms with van der Waals surface area (Å²) in [5.41, 5.74) is 7.60. The van der Waals surface area contributed by atoms with E-state index in [1.807, 2.05) is 4.90 Å². The van der Waals surface area contributed by atoms with Crippen LogP contribution in [0.15, 0.2) is 5.16 Å². The number of fused-ring (bicyclic) bond motifs is 3. The van der Waals surface area contributed by atoms with Crippen LogP contribution in [0.5, 0.6) is 0 Å². The number of nitrogen functional groups attached to an aromatic ring is 1. The lowest BCUT2D eigenvalue weighted by atomic mass is 9.89. The van der Waals surface area contributed by atoms with Gasteiger partial charge >= 0.3 is 0 Å². The van der Waals surface area contributed by atoms with Gasteiger partial charge in [-0.05, 0) is 50.0 Å². The first kappa shape index (κ1) is 20.5. The van der Waals surface area contributed by atoms with Gasteiger partial charge in [0, 0.05) is 17.0 Å². The van der Waals surface area contributed by atoms with Crippen LogP contribution in [-0.2, 0) is 27.5 Å². The Morgan fingerprint density at radius 2 is 2.03 bits per heavy atom. The quantitative estimate of drug-likeness (QED) is 0.533. The standard InChI is InChI=1S/C20H26N4O3S3/c1-11-2-5-14-15(8-11)29-19-17(14)18(21)22-20(23-19)28-9-16(25)24(12-3-4-12)13-6-7-30(26,27)10-13/h11-13H,2-10H2,1H3,(H2,21,22,23). The number of nitrogens with two attached hydrogens (primary N) is 1. The maximum absolute atomic E-state index is 13.0. The number of anilines is 1. The van der Waals surface area contributed by atoms with Gasteiger partial charge in [-0.25, -0.2) is 18.4 Å². The average molecular weight is 467 g/mol. The van der Waals surface area contributed by atoms with Crippen LogP contribution < -0.4 is 5.73 Å². The number of thioether (sulfide) groups is 1. The van der Waals surface area contributed by atoms with Gasteiger partial charge in [-0.2, -0.15) is 0 Å². The summed E-state index contributed by atoms with van der Waals surface area (Å²) in [4.78, 5) is 26.3. The van der Waals surface area contributed by atoms with E-state index in [-0.39, 0.29) is 35.2 Å². The molecule has 0 spiro atoms.